The van der Waals surface area contributed by atoms with Crippen LogP contribution in [-0.2, 0) is 0 Å². The minimum atomic E-state index is -0.315. The summed E-state index contributed by atoms with van der Waals surface area (Å²) in [6.07, 6.45) is 1.65. The maximum Gasteiger partial charge on any atom is 0.196 e. The minimum absolute atomic E-state index is 0.108. The van der Waals surface area contributed by atoms with Gasteiger partial charge in [0.05, 0.1) is 5.57 Å². The van der Waals surface area contributed by atoms with E-state index in [9.17, 15) is 9.59 Å². The highest BCUT2D eigenvalue weighted by Gasteiger charge is 2.21. The summed E-state index contributed by atoms with van der Waals surface area (Å²) in [5.41, 5.74) is 3.41. The molecule has 0 N–H and O–H groups in total. The molecule has 0 radical (unpaired) electrons. The first-order valence-electron chi connectivity index (χ1n) is 10.3. The molecular formula is C30H20O2. The monoisotopic (exact) mass is 412 g/mol. The van der Waals surface area contributed by atoms with Crippen LogP contribution in [0.15, 0.2) is 121 Å². The summed E-state index contributed by atoms with van der Waals surface area (Å²) in [5.74, 6) is 5.69. The van der Waals surface area contributed by atoms with Gasteiger partial charge >= 0.3 is 0 Å². The lowest BCUT2D eigenvalue weighted by Gasteiger charge is -2.08. The topological polar surface area (TPSA) is 34.1 Å². The molecule has 0 aliphatic carbocycles. The standard InChI is InChI=1S/C30H20O2/c31-29(25-15-6-2-7-16-25)28(30(32)26-17-8-3-9-18-26)22-27-19-11-10-14-24(27)21-20-23-12-4-1-5-13-23/h1-19,22H. The maximum absolute atomic E-state index is 13.3. The molecule has 152 valence electrons. The lowest BCUT2D eigenvalue weighted by molar-refractivity contribution is 0.0964. The summed E-state index contributed by atoms with van der Waals surface area (Å²) in [7, 11) is 0. The van der Waals surface area contributed by atoms with E-state index in [0.29, 0.717) is 11.1 Å². The van der Waals surface area contributed by atoms with Gasteiger partial charge in [-0.05, 0) is 29.8 Å². The van der Waals surface area contributed by atoms with E-state index in [2.05, 4.69) is 11.8 Å². The van der Waals surface area contributed by atoms with Crippen molar-refractivity contribution in [2.24, 2.45) is 0 Å². The normalized spacial score (nSPS) is 9.88. The van der Waals surface area contributed by atoms with Crippen molar-refractivity contribution < 1.29 is 9.59 Å². The summed E-state index contributed by atoms with van der Waals surface area (Å²) in [6.45, 7) is 0. The lowest BCUT2D eigenvalue weighted by Crippen LogP contribution is -2.14. The molecule has 4 aromatic rings. The van der Waals surface area contributed by atoms with Gasteiger partial charge < -0.3 is 0 Å². The fourth-order valence-corrected chi connectivity index (χ4v) is 3.28. The first kappa shape index (κ1) is 20.8. The molecule has 0 saturated carbocycles. The molecule has 0 aromatic heterocycles. The molecule has 0 spiro atoms. The number of hydrogen-bond donors (Lipinski definition) is 0. The minimum Gasteiger partial charge on any atom is -0.288 e. The van der Waals surface area contributed by atoms with Crippen molar-refractivity contribution in [1.29, 1.82) is 0 Å². The van der Waals surface area contributed by atoms with Crippen LogP contribution < -0.4 is 0 Å². The van der Waals surface area contributed by atoms with E-state index in [1.807, 2.05) is 66.7 Å². The van der Waals surface area contributed by atoms with Crippen LogP contribution in [0.5, 0.6) is 0 Å². The summed E-state index contributed by atoms with van der Waals surface area (Å²) >= 11 is 0. The smallest absolute Gasteiger partial charge is 0.196 e. The second kappa shape index (κ2) is 10.0. The van der Waals surface area contributed by atoms with Crippen molar-refractivity contribution in [1.82, 2.24) is 0 Å². The summed E-state index contributed by atoms with van der Waals surface area (Å²) in [6, 6.07) is 34.9. The second-order valence-electron chi connectivity index (χ2n) is 7.15. The van der Waals surface area contributed by atoms with Gasteiger partial charge in [0.15, 0.2) is 11.6 Å². The molecule has 2 heteroatoms. The molecule has 32 heavy (non-hydrogen) atoms. The zero-order chi connectivity index (χ0) is 22.2. The Hall–Kier alpha value is -4.48. The van der Waals surface area contributed by atoms with Crippen LogP contribution in [-0.4, -0.2) is 11.6 Å². The van der Waals surface area contributed by atoms with Crippen molar-refractivity contribution in [2.75, 3.05) is 0 Å². The van der Waals surface area contributed by atoms with E-state index in [4.69, 9.17) is 0 Å². The highest BCUT2D eigenvalue weighted by Crippen LogP contribution is 2.20. The molecule has 0 aliphatic rings. The third kappa shape index (κ3) is 4.98. The van der Waals surface area contributed by atoms with Gasteiger partial charge in [-0.2, -0.15) is 0 Å². The van der Waals surface area contributed by atoms with E-state index in [-0.39, 0.29) is 17.1 Å². The average molecular weight is 412 g/mol. The van der Waals surface area contributed by atoms with E-state index < -0.39 is 0 Å². The molecule has 0 unspecified atom stereocenters. The summed E-state index contributed by atoms with van der Waals surface area (Å²) < 4.78 is 0. The molecule has 0 fully saturated rings. The number of Topliss-reactive ketones (excluding diaryl/α,β-unsaturated/α-hetero) is 2. The second-order valence-corrected chi connectivity index (χ2v) is 7.15. The van der Waals surface area contributed by atoms with Gasteiger partial charge in [-0.3, -0.25) is 9.59 Å². The molecule has 0 saturated heterocycles. The number of allylic oxidation sites excluding steroid dienone is 1. The summed E-state index contributed by atoms with van der Waals surface area (Å²) in [5, 5.41) is 0. The fraction of sp³-hybridized carbons (Fsp3) is 0. The highest BCUT2D eigenvalue weighted by atomic mass is 16.1. The molecule has 4 rings (SSSR count). The number of rotatable bonds is 5. The predicted molar refractivity (Wildman–Crippen MR) is 128 cm³/mol. The van der Waals surface area contributed by atoms with Crippen molar-refractivity contribution in [3.63, 3.8) is 0 Å². The van der Waals surface area contributed by atoms with Gasteiger partial charge in [-0.15, -0.1) is 0 Å². The first-order chi connectivity index (χ1) is 15.7. The van der Waals surface area contributed by atoms with E-state index >= 15 is 0 Å². The van der Waals surface area contributed by atoms with E-state index in [1.54, 1.807) is 54.6 Å². The lowest BCUT2D eigenvalue weighted by atomic mass is 9.93. The zero-order valence-corrected chi connectivity index (χ0v) is 17.4. The molecule has 2 nitrogen and oxygen atoms in total. The van der Waals surface area contributed by atoms with Gasteiger partial charge in [0, 0.05) is 22.3 Å². The van der Waals surface area contributed by atoms with Crippen molar-refractivity contribution >= 4 is 17.6 Å². The van der Waals surface area contributed by atoms with Crippen LogP contribution in [0.4, 0.5) is 0 Å². The van der Waals surface area contributed by atoms with Gasteiger partial charge in [-0.25, -0.2) is 0 Å². The van der Waals surface area contributed by atoms with Gasteiger partial charge in [-0.1, -0.05) is 109 Å². The summed E-state index contributed by atoms with van der Waals surface area (Å²) in [4.78, 5) is 26.7. The number of hydrogen-bond acceptors (Lipinski definition) is 2. The first-order valence-corrected chi connectivity index (χ1v) is 10.3. The van der Waals surface area contributed by atoms with Crippen LogP contribution in [0.25, 0.3) is 6.08 Å². The van der Waals surface area contributed by atoms with Crippen LogP contribution in [0.3, 0.4) is 0 Å². The SMILES string of the molecule is O=C(C(=Cc1ccccc1C#Cc1ccccc1)C(=O)c1ccccc1)c1ccccc1. The van der Waals surface area contributed by atoms with Crippen LogP contribution in [0, 0.1) is 11.8 Å². The number of carbonyl (C=O) groups is 2. The molecule has 4 aromatic carbocycles. The molecule has 0 heterocycles. The van der Waals surface area contributed by atoms with E-state index in [0.717, 1.165) is 16.7 Å². The molecule has 0 amide bonds. The van der Waals surface area contributed by atoms with Crippen molar-refractivity contribution in [3.05, 3.63) is 149 Å². The Labute approximate surface area is 187 Å². The molecular weight excluding hydrogens is 392 g/mol. The van der Waals surface area contributed by atoms with Crippen LogP contribution >= 0.6 is 0 Å². The van der Waals surface area contributed by atoms with E-state index in [1.165, 1.54) is 0 Å². The van der Waals surface area contributed by atoms with Gasteiger partial charge in [0.1, 0.15) is 0 Å². The van der Waals surface area contributed by atoms with Gasteiger partial charge in [0.25, 0.3) is 0 Å². The molecule has 0 bridgehead atoms. The Balaban J connectivity index is 1.80. The zero-order valence-electron chi connectivity index (χ0n) is 17.4. The third-order valence-electron chi connectivity index (χ3n) is 4.94. The average Bonchev–Trinajstić information content (AvgIpc) is 2.87. The predicted octanol–water partition coefficient (Wildman–Crippen LogP) is 6.24. The molecule has 0 aliphatic heterocycles. The number of benzene rings is 4. The van der Waals surface area contributed by atoms with Crippen LogP contribution in [0.2, 0.25) is 0 Å². The third-order valence-corrected chi connectivity index (χ3v) is 4.94. The molecule has 0 atom stereocenters. The number of ketones is 2. The fourth-order valence-electron chi connectivity index (χ4n) is 3.28. The quantitative estimate of drug-likeness (QED) is 0.128. The maximum atomic E-state index is 13.3. The van der Waals surface area contributed by atoms with Crippen molar-refractivity contribution in [2.45, 2.75) is 0 Å². The Morgan fingerprint density at radius 1 is 0.531 bits per heavy atom. The van der Waals surface area contributed by atoms with Crippen LogP contribution in [0.1, 0.15) is 37.4 Å². The Bertz CT molecular complexity index is 1270. The Kier molecular flexibility index (Phi) is 6.51. The van der Waals surface area contributed by atoms with Gasteiger partial charge in [0.2, 0.25) is 0 Å². The largest absolute Gasteiger partial charge is 0.288 e. The number of carbonyl (C=O) groups excluding carboxylic acids is 2. The Morgan fingerprint density at radius 3 is 1.56 bits per heavy atom. The highest BCUT2D eigenvalue weighted by molar-refractivity contribution is 6.33. The van der Waals surface area contributed by atoms with Crippen molar-refractivity contribution in [3.8, 4) is 11.8 Å². The Morgan fingerprint density at radius 2 is 1.00 bits per heavy atom.